The van der Waals surface area contributed by atoms with E-state index in [1.807, 2.05) is 0 Å². The van der Waals surface area contributed by atoms with Gasteiger partial charge in [-0.1, -0.05) is 0 Å². The number of hydrogen-bond acceptors (Lipinski definition) is 2. The van der Waals surface area contributed by atoms with Gasteiger partial charge in [-0.2, -0.15) is 0 Å². The topological polar surface area (TPSA) is 69.7 Å². The minimum absolute atomic E-state index is 0. The van der Waals surface area contributed by atoms with Crippen molar-refractivity contribution < 1.29 is 10.2 Å². The minimum atomic E-state index is -0.500. The van der Waals surface area contributed by atoms with Crippen molar-refractivity contribution in [3.63, 3.8) is 0 Å². The van der Waals surface area contributed by atoms with Gasteiger partial charge in [0.15, 0.2) is 0 Å². The SMILES string of the molecule is CN(C)C(O)=S.NC(O)=S.[NaH]. The van der Waals surface area contributed by atoms with Crippen LogP contribution in [0.5, 0.6) is 0 Å². The van der Waals surface area contributed by atoms with Gasteiger partial charge in [-0.3, -0.25) is 0 Å². The molecule has 0 aliphatic heterocycles. The molecule has 0 saturated heterocycles. The van der Waals surface area contributed by atoms with Crippen molar-refractivity contribution in [1.29, 1.82) is 0 Å². The van der Waals surface area contributed by atoms with Gasteiger partial charge in [0.25, 0.3) is 10.3 Å². The van der Waals surface area contributed by atoms with Crippen molar-refractivity contribution in [2.24, 2.45) is 5.73 Å². The Labute approximate surface area is 98.7 Å². The van der Waals surface area contributed by atoms with E-state index in [0.29, 0.717) is 0 Å². The van der Waals surface area contributed by atoms with Crippen molar-refractivity contribution in [3.8, 4) is 0 Å². The van der Waals surface area contributed by atoms with E-state index in [1.54, 1.807) is 14.1 Å². The second-order valence-corrected chi connectivity index (χ2v) is 2.30. The molecule has 0 fully saturated rings. The molecule has 0 heterocycles. The molecule has 0 aromatic heterocycles. The molecule has 0 bridgehead atoms. The number of thiocarbonyl (C=S) groups is 2. The van der Waals surface area contributed by atoms with Gasteiger partial charge in [0.05, 0.1) is 0 Å². The molecule has 4 nitrogen and oxygen atoms in total. The second kappa shape index (κ2) is 10.4. The number of rotatable bonds is 0. The predicted octanol–water partition coefficient (Wildman–Crippen LogP) is -0.470. The number of aliphatic hydroxyl groups excluding tert-OH is 2. The molecule has 0 aliphatic rings. The third-order valence-electron chi connectivity index (χ3n) is 0.383. The van der Waals surface area contributed by atoms with Crippen LogP contribution in [0.3, 0.4) is 0 Å². The van der Waals surface area contributed by atoms with Crippen LogP contribution in [-0.2, 0) is 0 Å². The van der Waals surface area contributed by atoms with Crippen LogP contribution in [0.25, 0.3) is 0 Å². The van der Waals surface area contributed by atoms with Gasteiger partial charge in [-0.15, -0.1) is 0 Å². The summed E-state index contributed by atoms with van der Waals surface area (Å²) in [5.41, 5.74) is 4.40. The van der Waals surface area contributed by atoms with Gasteiger partial charge < -0.3 is 20.8 Å². The fourth-order valence-electron chi connectivity index (χ4n) is 0. The van der Waals surface area contributed by atoms with E-state index in [1.165, 1.54) is 4.90 Å². The Balaban J connectivity index is -0.000000114. The zero-order valence-corrected chi connectivity index (χ0v) is 7.37. The molecule has 0 unspecified atom stereocenters. The molecule has 62 valence electrons. The molecule has 4 N–H and O–H groups in total. The predicted molar refractivity (Wildman–Crippen MR) is 55.5 cm³/mol. The molecule has 0 aromatic rings. The normalized spacial score (nSPS) is 6.36. The Kier molecular flexibility index (Phi) is 16.5. The molecule has 0 aliphatic carbocycles. The third kappa shape index (κ3) is 38.0. The Hall–Kier alpha value is 0.380. The standard InChI is InChI=1S/C3H7NOS.CH3NOS.Na.H/c1-4(2)3(5)6;2-1(3)4;;/h1-2H3,(H,5,6);(H3,2,3,4);;. The van der Waals surface area contributed by atoms with Crippen LogP contribution in [0.2, 0.25) is 0 Å². The van der Waals surface area contributed by atoms with E-state index in [4.69, 9.17) is 10.2 Å². The van der Waals surface area contributed by atoms with Crippen molar-refractivity contribution in [1.82, 2.24) is 4.90 Å². The van der Waals surface area contributed by atoms with Crippen molar-refractivity contribution in [2.45, 2.75) is 0 Å². The summed E-state index contributed by atoms with van der Waals surface area (Å²) in [6.45, 7) is 0. The van der Waals surface area contributed by atoms with Crippen LogP contribution in [0.4, 0.5) is 0 Å². The third-order valence-corrected chi connectivity index (χ3v) is 0.748. The first-order valence-corrected chi connectivity index (χ1v) is 3.08. The molecular weight excluding hydrogens is 195 g/mol. The van der Waals surface area contributed by atoms with Crippen LogP contribution >= 0.6 is 24.4 Å². The molecular formula is C4H11N2NaO2S2. The van der Waals surface area contributed by atoms with Crippen molar-refractivity contribution in [3.05, 3.63) is 0 Å². The Bertz CT molecular complexity index is 127. The molecule has 0 amide bonds. The average molecular weight is 206 g/mol. The van der Waals surface area contributed by atoms with Gasteiger partial charge in [-0.05, 0) is 24.4 Å². The van der Waals surface area contributed by atoms with Gasteiger partial charge >= 0.3 is 29.6 Å². The second-order valence-electron chi connectivity index (χ2n) is 1.52. The average Bonchev–Trinajstić information content (AvgIpc) is 1.63. The van der Waals surface area contributed by atoms with Crippen molar-refractivity contribution >= 4 is 64.3 Å². The van der Waals surface area contributed by atoms with E-state index in [9.17, 15) is 0 Å². The van der Waals surface area contributed by atoms with Gasteiger partial charge in [0, 0.05) is 14.1 Å². The Morgan fingerprint density at radius 2 is 1.36 bits per heavy atom. The van der Waals surface area contributed by atoms with Gasteiger partial charge in [0.2, 0.25) is 0 Å². The number of nitrogens with two attached hydrogens (primary N) is 1. The number of hydrogen-bond donors (Lipinski definition) is 3. The molecule has 0 aromatic carbocycles. The quantitative estimate of drug-likeness (QED) is 0.368. The summed E-state index contributed by atoms with van der Waals surface area (Å²) >= 11 is 8.17. The molecule has 0 radical (unpaired) electrons. The van der Waals surface area contributed by atoms with Gasteiger partial charge in [-0.25, -0.2) is 0 Å². The Morgan fingerprint density at radius 1 is 1.27 bits per heavy atom. The Morgan fingerprint density at radius 3 is 1.36 bits per heavy atom. The first-order valence-electron chi connectivity index (χ1n) is 2.26. The summed E-state index contributed by atoms with van der Waals surface area (Å²) in [6.07, 6.45) is 0. The fourth-order valence-corrected chi connectivity index (χ4v) is 0. The van der Waals surface area contributed by atoms with Crippen molar-refractivity contribution in [2.75, 3.05) is 14.1 Å². The van der Waals surface area contributed by atoms with E-state index in [2.05, 4.69) is 30.2 Å². The van der Waals surface area contributed by atoms with Crippen LogP contribution in [-0.4, -0.2) is 69.1 Å². The first kappa shape index (κ1) is 17.5. The first-order chi connectivity index (χ1) is 4.37. The van der Waals surface area contributed by atoms with Crippen LogP contribution in [0.15, 0.2) is 0 Å². The monoisotopic (exact) mass is 206 g/mol. The summed E-state index contributed by atoms with van der Waals surface area (Å²) in [5, 5.41) is 15.3. The summed E-state index contributed by atoms with van der Waals surface area (Å²) in [4.78, 5) is 1.45. The molecule has 7 heteroatoms. The molecule has 0 atom stereocenters. The maximum absolute atomic E-state index is 8.29. The summed E-state index contributed by atoms with van der Waals surface area (Å²) < 4.78 is 0. The number of aliphatic hydroxyl groups is 2. The van der Waals surface area contributed by atoms with Crippen LogP contribution in [0, 0.1) is 0 Å². The zero-order chi connectivity index (χ0) is 8.73. The summed E-state index contributed by atoms with van der Waals surface area (Å²) in [6, 6.07) is 0. The molecule has 0 spiro atoms. The van der Waals surface area contributed by atoms with Gasteiger partial charge in [0.1, 0.15) is 0 Å². The summed E-state index contributed by atoms with van der Waals surface area (Å²) in [7, 11) is 3.37. The fraction of sp³-hybridized carbons (Fsp3) is 0.500. The van der Waals surface area contributed by atoms with E-state index in [0.717, 1.165) is 0 Å². The molecule has 11 heavy (non-hydrogen) atoms. The van der Waals surface area contributed by atoms with E-state index in [-0.39, 0.29) is 34.7 Å². The number of nitrogens with zero attached hydrogens (tertiary/aromatic N) is 1. The zero-order valence-electron chi connectivity index (χ0n) is 5.74. The summed E-state index contributed by atoms with van der Waals surface area (Å²) in [5.74, 6) is 0. The molecule has 0 rings (SSSR count). The van der Waals surface area contributed by atoms with Crippen LogP contribution < -0.4 is 5.73 Å². The van der Waals surface area contributed by atoms with Crippen LogP contribution in [0.1, 0.15) is 0 Å². The molecule has 0 saturated carbocycles. The van der Waals surface area contributed by atoms with E-state index >= 15 is 0 Å². The van der Waals surface area contributed by atoms with E-state index < -0.39 is 5.17 Å². The maximum atomic E-state index is 8.29.